The van der Waals surface area contributed by atoms with E-state index in [2.05, 4.69) is 0 Å². The molecule has 0 saturated heterocycles. The lowest BCUT2D eigenvalue weighted by Gasteiger charge is -2.11. The molecule has 0 aliphatic rings. The van der Waals surface area contributed by atoms with Crippen LogP contribution in [0.3, 0.4) is 0 Å². The lowest BCUT2D eigenvalue weighted by atomic mass is 10.1. The van der Waals surface area contributed by atoms with Crippen LogP contribution in [0.1, 0.15) is 27.0 Å². The number of esters is 1. The van der Waals surface area contributed by atoms with Crippen LogP contribution < -0.4 is 0 Å². The number of hydrogen-bond acceptors (Lipinski definition) is 6. The largest absolute Gasteiger partial charge is 0.450 e. The Kier molecular flexibility index (Phi) is 4.77. The zero-order chi connectivity index (χ0) is 18.8. The maximum absolute atomic E-state index is 12.9. The van der Waals surface area contributed by atoms with Gasteiger partial charge in [-0.2, -0.15) is 0 Å². The molecule has 8 heteroatoms. The Balaban J connectivity index is 1.76. The van der Waals surface area contributed by atoms with E-state index in [1.54, 1.807) is 6.07 Å². The number of nitro groups is 1. The number of rotatable bonds is 5. The van der Waals surface area contributed by atoms with Crippen LogP contribution in [0.4, 0.5) is 10.1 Å². The number of nitrogens with zero attached hydrogens (tertiary/aromatic N) is 1. The molecule has 0 radical (unpaired) electrons. The summed E-state index contributed by atoms with van der Waals surface area (Å²) in [7, 11) is 0. The van der Waals surface area contributed by atoms with Crippen molar-refractivity contribution in [2.75, 3.05) is 0 Å². The van der Waals surface area contributed by atoms with Gasteiger partial charge in [0, 0.05) is 27.8 Å². The predicted octanol–water partition coefficient (Wildman–Crippen LogP) is 4.38. The molecule has 0 saturated carbocycles. The van der Waals surface area contributed by atoms with Crippen LogP contribution >= 0.6 is 11.3 Å². The minimum absolute atomic E-state index is 0.0740. The predicted molar refractivity (Wildman–Crippen MR) is 94.1 cm³/mol. The van der Waals surface area contributed by atoms with E-state index in [-0.39, 0.29) is 16.1 Å². The number of halogens is 1. The van der Waals surface area contributed by atoms with Crippen molar-refractivity contribution >= 4 is 38.9 Å². The van der Waals surface area contributed by atoms with Crippen molar-refractivity contribution in [2.24, 2.45) is 0 Å². The quantitative estimate of drug-likeness (QED) is 0.287. The summed E-state index contributed by atoms with van der Waals surface area (Å²) >= 11 is 1.12. The van der Waals surface area contributed by atoms with Crippen molar-refractivity contribution in [3.63, 3.8) is 0 Å². The summed E-state index contributed by atoms with van der Waals surface area (Å²) in [6.07, 6.45) is -1.05. The van der Waals surface area contributed by atoms with Gasteiger partial charge in [0.1, 0.15) is 10.7 Å². The summed E-state index contributed by atoms with van der Waals surface area (Å²) in [5, 5.41) is 11.4. The summed E-state index contributed by atoms with van der Waals surface area (Å²) < 4.78 is 18.8. The normalized spacial score (nSPS) is 11.9. The maximum Gasteiger partial charge on any atom is 0.349 e. The zero-order valence-electron chi connectivity index (χ0n) is 13.5. The molecule has 0 N–H and O–H groups in total. The molecule has 1 aromatic heterocycles. The molecule has 3 aromatic rings. The number of ketones is 1. The van der Waals surface area contributed by atoms with Crippen LogP contribution in [0, 0.1) is 15.9 Å². The minimum Gasteiger partial charge on any atom is -0.450 e. The van der Waals surface area contributed by atoms with Gasteiger partial charge >= 0.3 is 5.97 Å². The molecule has 6 nitrogen and oxygen atoms in total. The van der Waals surface area contributed by atoms with Crippen molar-refractivity contribution in [1.29, 1.82) is 0 Å². The van der Waals surface area contributed by atoms with E-state index in [1.807, 2.05) is 0 Å². The minimum atomic E-state index is -1.05. The molecule has 0 unspecified atom stereocenters. The fourth-order valence-corrected chi connectivity index (χ4v) is 3.29. The molecule has 2 aromatic carbocycles. The maximum atomic E-state index is 12.9. The number of carbonyl (C=O) groups excluding carboxylic acids is 2. The lowest BCUT2D eigenvalue weighted by molar-refractivity contribution is -0.384. The third-order valence-electron chi connectivity index (χ3n) is 3.69. The molecule has 0 aliphatic heterocycles. The third-order valence-corrected chi connectivity index (χ3v) is 4.79. The highest BCUT2D eigenvalue weighted by Gasteiger charge is 2.22. The fourth-order valence-electron chi connectivity index (χ4n) is 2.37. The molecule has 1 heterocycles. The summed E-state index contributed by atoms with van der Waals surface area (Å²) in [6, 6.07) is 10.7. The van der Waals surface area contributed by atoms with Crippen LogP contribution in [-0.2, 0) is 4.74 Å². The Morgan fingerprint density at radius 1 is 1.15 bits per heavy atom. The molecule has 0 fully saturated rings. The first-order chi connectivity index (χ1) is 12.3. The Labute approximate surface area is 151 Å². The Morgan fingerprint density at radius 2 is 1.85 bits per heavy atom. The molecule has 0 bridgehead atoms. The molecule has 0 spiro atoms. The number of hydrogen-bond donors (Lipinski definition) is 0. The van der Waals surface area contributed by atoms with E-state index in [4.69, 9.17) is 4.74 Å². The monoisotopic (exact) mass is 373 g/mol. The van der Waals surface area contributed by atoms with E-state index >= 15 is 0 Å². The van der Waals surface area contributed by atoms with Gasteiger partial charge in [0.05, 0.1) is 4.92 Å². The van der Waals surface area contributed by atoms with Gasteiger partial charge in [0.15, 0.2) is 6.10 Å². The van der Waals surface area contributed by atoms with E-state index in [0.29, 0.717) is 10.1 Å². The van der Waals surface area contributed by atoms with Crippen molar-refractivity contribution < 1.29 is 23.6 Å². The van der Waals surface area contributed by atoms with E-state index in [1.165, 1.54) is 37.3 Å². The van der Waals surface area contributed by atoms with Gasteiger partial charge in [-0.3, -0.25) is 14.9 Å². The fraction of sp³-hybridized carbons (Fsp3) is 0.111. The zero-order valence-corrected chi connectivity index (χ0v) is 14.3. The van der Waals surface area contributed by atoms with Crippen LogP contribution in [0.5, 0.6) is 0 Å². The number of non-ortho nitro benzene ring substituents is 1. The van der Waals surface area contributed by atoms with Crippen molar-refractivity contribution in [3.05, 3.63) is 74.9 Å². The Hall–Kier alpha value is -3.13. The highest BCUT2D eigenvalue weighted by molar-refractivity contribution is 7.20. The Bertz CT molecular complexity index is 1010. The molecule has 0 amide bonds. The second-order valence-corrected chi connectivity index (χ2v) is 6.59. The van der Waals surface area contributed by atoms with Crippen molar-refractivity contribution in [1.82, 2.24) is 0 Å². The van der Waals surface area contributed by atoms with Gasteiger partial charge in [-0.15, -0.1) is 11.3 Å². The number of nitro benzene ring substituents is 1. The number of benzene rings is 2. The Morgan fingerprint density at radius 3 is 2.50 bits per heavy atom. The van der Waals surface area contributed by atoms with Crippen LogP contribution in [0.2, 0.25) is 0 Å². The molecule has 26 heavy (non-hydrogen) atoms. The number of Topliss-reactive ketones (excluding diaryl/α,β-unsaturated/α-hetero) is 1. The van der Waals surface area contributed by atoms with Gasteiger partial charge in [-0.25, -0.2) is 9.18 Å². The van der Waals surface area contributed by atoms with Crippen LogP contribution in [0.15, 0.2) is 48.5 Å². The molecule has 1 atom stereocenters. The topological polar surface area (TPSA) is 86.5 Å². The average Bonchev–Trinajstić information content (AvgIpc) is 3.05. The van der Waals surface area contributed by atoms with Crippen LogP contribution in [-0.4, -0.2) is 22.8 Å². The summed E-state index contributed by atoms with van der Waals surface area (Å²) in [6.45, 7) is 1.43. The van der Waals surface area contributed by atoms with Gasteiger partial charge < -0.3 is 4.74 Å². The van der Waals surface area contributed by atoms with Crippen molar-refractivity contribution in [3.8, 4) is 0 Å². The average molecular weight is 373 g/mol. The molecular formula is C18H12FNO5S. The second kappa shape index (κ2) is 7.01. The number of fused-ring (bicyclic) bond motifs is 1. The number of thiophene rings is 1. The number of carbonyl (C=O) groups is 2. The van der Waals surface area contributed by atoms with Crippen molar-refractivity contribution in [2.45, 2.75) is 13.0 Å². The first kappa shape index (κ1) is 17.7. The second-order valence-electron chi connectivity index (χ2n) is 5.51. The third kappa shape index (κ3) is 3.60. The SMILES string of the molecule is C[C@H](OC(=O)c1cc2cc([N+](=O)[O-])ccc2s1)C(=O)c1ccc(F)cc1. The molecule has 3 rings (SSSR count). The van der Waals surface area contributed by atoms with E-state index in [9.17, 15) is 24.1 Å². The highest BCUT2D eigenvalue weighted by Crippen LogP contribution is 2.29. The first-order valence-corrected chi connectivity index (χ1v) is 8.35. The summed E-state index contributed by atoms with van der Waals surface area (Å²) in [5.74, 6) is -1.61. The molecule has 0 aliphatic carbocycles. The molecular weight excluding hydrogens is 361 g/mol. The standard InChI is InChI=1S/C18H12FNO5S/c1-10(17(21)11-2-4-13(19)5-3-11)25-18(22)16-9-12-8-14(20(23)24)6-7-15(12)26-16/h2-10H,1H3/t10-/m0/s1. The highest BCUT2D eigenvalue weighted by atomic mass is 32.1. The lowest BCUT2D eigenvalue weighted by Crippen LogP contribution is -2.24. The van der Waals surface area contributed by atoms with Crippen LogP contribution in [0.25, 0.3) is 10.1 Å². The summed E-state index contributed by atoms with van der Waals surface area (Å²) in [5.41, 5.74) is 0.161. The number of ether oxygens (including phenoxy) is 1. The van der Waals surface area contributed by atoms with Gasteiger partial charge in [-0.05, 0) is 43.3 Å². The van der Waals surface area contributed by atoms with E-state index in [0.717, 1.165) is 23.5 Å². The first-order valence-electron chi connectivity index (χ1n) is 7.54. The summed E-state index contributed by atoms with van der Waals surface area (Å²) in [4.78, 5) is 35.1. The van der Waals surface area contributed by atoms with E-state index < -0.39 is 28.6 Å². The van der Waals surface area contributed by atoms with Gasteiger partial charge in [0.25, 0.3) is 5.69 Å². The molecule has 132 valence electrons. The van der Waals surface area contributed by atoms with Gasteiger partial charge in [0.2, 0.25) is 5.78 Å². The smallest absolute Gasteiger partial charge is 0.349 e. The van der Waals surface area contributed by atoms with Gasteiger partial charge in [-0.1, -0.05) is 0 Å².